The number of ether oxygens (including phenoxy) is 2. The Bertz CT molecular complexity index is 1530. The van der Waals surface area contributed by atoms with Crippen LogP contribution in [0.1, 0.15) is 39.3 Å². The Kier molecular flexibility index (Phi) is 7.15. The maximum absolute atomic E-state index is 13.1. The molecule has 5 atom stereocenters. The highest BCUT2D eigenvalue weighted by Crippen LogP contribution is 2.57. The van der Waals surface area contributed by atoms with Gasteiger partial charge >= 0.3 is 0 Å². The van der Waals surface area contributed by atoms with Crippen molar-refractivity contribution in [2.75, 3.05) is 18.9 Å². The topological polar surface area (TPSA) is 158 Å². The molecule has 39 heavy (non-hydrogen) atoms. The fourth-order valence-electron chi connectivity index (χ4n) is 5.79. The Morgan fingerprint density at radius 2 is 1.87 bits per heavy atom. The number of nitrogens with zero attached hydrogens (tertiary/aromatic N) is 4. The van der Waals surface area contributed by atoms with E-state index in [0.717, 1.165) is 5.56 Å². The monoisotopic (exact) mass is 670 g/mol. The van der Waals surface area contributed by atoms with Gasteiger partial charge in [0.2, 0.25) is 5.91 Å². The van der Waals surface area contributed by atoms with E-state index in [9.17, 15) is 17.8 Å². The molecule has 1 amide bonds. The number of amides is 1. The molecule has 14 heteroatoms. The van der Waals surface area contributed by atoms with Crippen molar-refractivity contribution in [1.82, 2.24) is 24.8 Å². The van der Waals surface area contributed by atoms with Crippen molar-refractivity contribution < 1.29 is 27.2 Å². The van der Waals surface area contributed by atoms with Gasteiger partial charge in [0.05, 0.1) is 22.7 Å². The fraction of sp³-hybridized carbons (Fsp3) is 0.520. The summed E-state index contributed by atoms with van der Waals surface area (Å²) in [5.74, 6) is -0.530. The van der Waals surface area contributed by atoms with Crippen LogP contribution >= 0.6 is 22.6 Å². The molecule has 0 bridgehead atoms. The number of benzene rings is 1. The van der Waals surface area contributed by atoms with Crippen LogP contribution in [-0.4, -0.2) is 70.0 Å². The average Bonchev–Trinajstić information content (AvgIpc) is 3.48. The molecule has 1 aliphatic carbocycles. The number of hydrogen-bond donors (Lipinski definition) is 3. The molecule has 3 N–H and O–H groups in total. The van der Waals surface area contributed by atoms with E-state index in [1.165, 1.54) is 12.1 Å². The van der Waals surface area contributed by atoms with Crippen LogP contribution in [0.5, 0.6) is 0 Å². The summed E-state index contributed by atoms with van der Waals surface area (Å²) >= 11 is 2.07. The van der Waals surface area contributed by atoms with Gasteiger partial charge in [-0.1, -0.05) is 19.1 Å². The van der Waals surface area contributed by atoms with Crippen LogP contribution in [0.25, 0.3) is 11.2 Å². The molecule has 0 unspecified atom stereocenters. The van der Waals surface area contributed by atoms with Crippen molar-refractivity contribution in [2.45, 2.75) is 63.0 Å². The number of hydrogen-bond acceptors (Lipinski definition) is 9. The lowest BCUT2D eigenvalue weighted by atomic mass is 9.77. The highest BCUT2D eigenvalue weighted by Gasteiger charge is 2.66. The molecule has 1 aromatic carbocycles. The first-order chi connectivity index (χ1) is 18.3. The minimum atomic E-state index is -4.23. The summed E-state index contributed by atoms with van der Waals surface area (Å²) in [6.45, 7) is 8.17. The number of rotatable bonds is 7. The molecule has 12 nitrogen and oxygen atoms in total. The first-order valence-corrected chi connectivity index (χ1v) is 15.1. The Hall–Kier alpha value is -2.40. The summed E-state index contributed by atoms with van der Waals surface area (Å²) in [5, 5.41) is 6.13. The number of carbonyl (C=O) groups is 1. The second-order valence-corrected chi connectivity index (χ2v) is 13.0. The third-order valence-corrected chi connectivity index (χ3v) is 9.22. The van der Waals surface area contributed by atoms with E-state index < -0.39 is 27.4 Å². The summed E-state index contributed by atoms with van der Waals surface area (Å²) in [7, 11) is -2.60. The fourth-order valence-corrected chi connectivity index (χ4v) is 6.74. The molecule has 2 aliphatic rings. The highest BCUT2D eigenvalue weighted by molar-refractivity contribution is 14.1. The van der Waals surface area contributed by atoms with E-state index in [1.807, 2.05) is 32.3 Å². The normalized spacial score (nSPS) is 28.0. The summed E-state index contributed by atoms with van der Waals surface area (Å²) in [6, 6.07) is 5.80. The maximum atomic E-state index is 13.1. The molecule has 2 aromatic heterocycles. The molecule has 1 saturated heterocycles. The minimum Gasteiger partial charge on any atom is -0.368 e. The van der Waals surface area contributed by atoms with E-state index in [4.69, 9.17) is 14.5 Å². The second kappa shape index (κ2) is 9.90. The Morgan fingerprint density at radius 1 is 1.18 bits per heavy atom. The summed E-state index contributed by atoms with van der Waals surface area (Å²) < 4.78 is 46.9. The van der Waals surface area contributed by atoms with Gasteiger partial charge in [-0.3, -0.25) is 9.35 Å². The molecule has 1 aliphatic heterocycles. The van der Waals surface area contributed by atoms with Gasteiger partial charge in [-0.05, 0) is 50.8 Å². The Balaban J connectivity index is 1.43. The molecule has 3 heterocycles. The molecule has 0 spiro atoms. The summed E-state index contributed by atoms with van der Waals surface area (Å²) in [6.07, 6.45) is 1.47. The number of anilines is 1. The molecule has 2 fully saturated rings. The van der Waals surface area contributed by atoms with Crippen molar-refractivity contribution in [2.24, 2.45) is 11.3 Å². The number of aromatic nitrogens is 4. The Labute approximate surface area is 240 Å². The molecular weight excluding hydrogens is 639 g/mol. The lowest BCUT2D eigenvalue weighted by molar-refractivity contribution is -0.178. The molecule has 3 aromatic rings. The van der Waals surface area contributed by atoms with Crippen molar-refractivity contribution in [1.29, 1.82) is 0 Å². The molecule has 1 saturated carbocycles. The van der Waals surface area contributed by atoms with E-state index in [2.05, 4.69) is 43.2 Å². The quantitative estimate of drug-likeness (QED) is 0.194. The lowest BCUT2D eigenvalue weighted by Gasteiger charge is -2.35. The van der Waals surface area contributed by atoms with Crippen LogP contribution in [0.15, 0.2) is 35.5 Å². The molecular formula is C25H31IN6O6S. The number of imidazole rings is 1. The van der Waals surface area contributed by atoms with E-state index in [0.29, 0.717) is 33.8 Å². The van der Waals surface area contributed by atoms with Crippen molar-refractivity contribution in [3.63, 3.8) is 0 Å². The zero-order chi connectivity index (χ0) is 28.3. The van der Waals surface area contributed by atoms with Gasteiger partial charge < -0.3 is 24.7 Å². The minimum absolute atomic E-state index is 0.102. The Morgan fingerprint density at radius 3 is 2.51 bits per heavy atom. The van der Waals surface area contributed by atoms with E-state index >= 15 is 0 Å². The predicted octanol–water partition coefficient (Wildman–Crippen LogP) is 2.80. The van der Waals surface area contributed by atoms with Crippen LogP contribution in [-0.2, 0) is 30.8 Å². The van der Waals surface area contributed by atoms with Crippen LogP contribution in [0, 0.1) is 15.2 Å². The van der Waals surface area contributed by atoms with Crippen LogP contribution in [0.4, 0.5) is 5.82 Å². The SMILES string of the molecule is CNC(=O)[C@@]1(C)[C@H](C)[C@@H](n2cnc3c(NCCc4ccc(S(=O)(=O)O)cc4)nc(I)nc32)[C@@H]2OC(C)(C)O[C@@H]21. The standard InChI is InChI=1S/C25H31IN6O6S/c1-13-17(18-19(38-24(2,3)37-18)25(13,4)22(33)27-5)32-12-29-16-20(30-23(26)31-21(16)32)28-11-10-14-6-8-15(9-7-14)39(34,35)36/h6-9,12-13,17-19H,10-11H2,1-5H3,(H,27,33)(H,28,30,31)(H,34,35,36)/t13-,17-,18+,19+,25+/m1/s1. The molecule has 5 rings (SSSR count). The van der Waals surface area contributed by atoms with Gasteiger partial charge in [-0.15, -0.1) is 0 Å². The van der Waals surface area contributed by atoms with Crippen molar-refractivity contribution in [3.05, 3.63) is 40.0 Å². The largest absolute Gasteiger partial charge is 0.368 e. The average molecular weight is 671 g/mol. The van der Waals surface area contributed by atoms with Crippen molar-refractivity contribution in [3.8, 4) is 0 Å². The predicted molar refractivity (Wildman–Crippen MR) is 151 cm³/mol. The summed E-state index contributed by atoms with van der Waals surface area (Å²) in [5.41, 5.74) is 1.27. The first-order valence-electron chi connectivity index (χ1n) is 12.5. The number of halogens is 1. The van der Waals surface area contributed by atoms with Gasteiger partial charge in [0.25, 0.3) is 10.1 Å². The zero-order valence-electron chi connectivity index (χ0n) is 22.2. The van der Waals surface area contributed by atoms with Gasteiger partial charge in [0.1, 0.15) is 12.2 Å². The van der Waals surface area contributed by atoms with Crippen LogP contribution in [0.3, 0.4) is 0 Å². The van der Waals surface area contributed by atoms with Crippen molar-refractivity contribution >= 4 is 55.6 Å². The van der Waals surface area contributed by atoms with Gasteiger partial charge in [-0.2, -0.15) is 8.42 Å². The summed E-state index contributed by atoms with van der Waals surface area (Å²) in [4.78, 5) is 26.9. The van der Waals surface area contributed by atoms with Gasteiger partial charge in [-0.25, -0.2) is 15.0 Å². The maximum Gasteiger partial charge on any atom is 0.294 e. The first kappa shape index (κ1) is 28.1. The molecule has 210 valence electrons. The van der Waals surface area contributed by atoms with E-state index in [1.54, 1.807) is 25.5 Å². The lowest BCUT2D eigenvalue weighted by Crippen LogP contribution is -2.48. The second-order valence-electron chi connectivity index (χ2n) is 10.6. The number of fused-ring (bicyclic) bond motifs is 2. The number of nitrogens with one attached hydrogen (secondary N) is 2. The third kappa shape index (κ3) is 4.90. The van der Waals surface area contributed by atoms with Crippen LogP contribution in [0.2, 0.25) is 0 Å². The molecule has 0 radical (unpaired) electrons. The van der Waals surface area contributed by atoms with Crippen LogP contribution < -0.4 is 10.6 Å². The van der Waals surface area contributed by atoms with Gasteiger partial charge in [0.15, 0.2) is 26.6 Å². The number of carbonyl (C=O) groups excluding carboxylic acids is 1. The smallest absolute Gasteiger partial charge is 0.294 e. The highest BCUT2D eigenvalue weighted by atomic mass is 127. The van der Waals surface area contributed by atoms with E-state index in [-0.39, 0.29) is 28.9 Å². The zero-order valence-corrected chi connectivity index (χ0v) is 25.1. The third-order valence-electron chi connectivity index (χ3n) is 7.87. The van der Waals surface area contributed by atoms with Gasteiger partial charge in [0, 0.05) is 36.2 Å².